The van der Waals surface area contributed by atoms with Gasteiger partial charge in [-0.3, -0.25) is 0 Å². The van der Waals surface area contributed by atoms with Crippen molar-refractivity contribution in [3.05, 3.63) is 29.3 Å². The summed E-state index contributed by atoms with van der Waals surface area (Å²) in [4.78, 5) is 0. The van der Waals surface area contributed by atoms with Crippen LogP contribution in [0.2, 0.25) is 0 Å². The van der Waals surface area contributed by atoms with Gasteiger partial charge in [0.15, 0.2) is 0 Å². The van der Waals surface area contributed by atoms with Crippen LogP contribution < -0.4 is 0 Å². The van der Waals surface area contributed by atoms with E-state index in [1.807, 2.05) is 19.1 Å². The van der Waals surface area contributed by atoms with E-state index in [1.165, 1.54) is 0 Å². The van der Waals surface area contributed by atoms with Crippen molar-refractivity contribution in [2.45, 2.75) is 32.6 Å². The minimum Gasteiger partial charge on any atom is -0.508 e. The van der Waals surface area contributed by atoms with Gasteiger partial charge in [-0.2, -0.15) is 0 Å². The highest BCUT2D eigenvalue weighted by atomic mass is 16.3. The van der Waals surface area contributed by atoms with Crippen LogP contribution in [0.1, 0.15) is 31.4 Å². The fraction of sp³-hybridized carbons (Fsp3) is 0.538. The topological polar surface area (TPSA) is 40.5 Å². The van der Waals surface area contributed by atoms with Gasteiger partial charge in [-0.25, -0.2) is 0 Å². The lowest BCUT2D eigenvalue weighted by Crippen LogP contribution is -2.19. The molecule has 0 amide bonds. The number of aliphatic hydroxyl groups excluding tert-OH is 1. The van der Waals surface area contributed by atoms with Crippen LogP contribution in [0, 0.1) is 12.3 Å². The number of phenolic OH excluding ortho intramolecular Hbond substituents is 1. The molecule has 1 aromatic carbocycles. The van der Waals surface area contributed by atoms with Gasteiger partial charge < -0.3 is 10.2 Å². The Hall–Kier alpha value is -1.02. The van der Waals surface area contributed by atoms with Crippen molar-refractivity contribution < 1.29 is 10.2 Å². The van der Waals surface area contributed by atoms with Gasteiger partial charge in [0.25, 0.3) is 0 Å². The van der Waals surface area contributed by atoms with E-state index in [0.717, 1.165) is 17.5 Å². The third kappa shape index (κ3) is 1.36. The predicted molar refractivity (Wildman–Crippen MR) is 60.0 cm³/mol. The minimum absolute atomic E-state index is 0.141. The molecule has 1 aromatic rings. The summed E-state index contributed by atoms with van der Waals surface area (Å²) in [5.41, 5.74) is 1.94. The molecule has 0 bridgehead atoms. The van der Waals surface area contributed by atoms with E-state index < -0.39 is 0 Å². The first-order valence-corrected chi connectivity index (χ1v) is 5.34. The van der Waals surface area contributed by atoms with E-state index in [0.29, 0.717) is 5.75 Å². The lowest BCUT2D eigenvalue weighted by Gasteiger charge is -2.19. The molecule has 0 radical (unpaired) electrons. The molecule has 0 aromatic heterocycles. The van der Waals surface area contributed by atoms with Gasteiger partial charge in [-0.15, -0.1) is 0 Å². The molecular formula is C13H18O2. The molecule has 0 spiro atoms. The fourth-order valence-corrected chi connectivity index (χ4v) is 2.47. The Morgan fingerprint density at radius 2 is 1.93 bits per heavy atom. The molecule has 1 atom stereocenters. The number of aliphatic hydroxyl groups is 1. The van der Waals surface area contributed by atoms with Crippen LogP contribution in [-0.4, -0.2) is 16.8 Å². The Bertz CT molecular complexity index is 396. The molecular weight excluding hydrogens is 188 g/mol. The SMILES string of the molecule is Cc1ccc(C2(CO)CC2(C)C)cc1O. The highest BCUT2D eigenvalue weighted by molar-refractivity contribution is 5.44. The monoisotopic (exact) mass is 206 g/mol. The molecule has 1 aliphatic carbocycles. The minimum atomic E-state index is -0.141. The number of hydrogen-bond acceptors (Lipinski definition) is 2. The summed E-state index contributed by atoms with van der Waals surface area (Å²) in [5, 5.41) is 19.2. The Balaban J connectivity index is 2.42. The van der Waals surface area contributed by atoms with Crippen LogP contribution in [0.3, 0.4) is 0 Å². The third-order valence-electron chi connectivity index (χ3n) is 3.95. The van der Waals surface area contributed by atoms with Crippen LogP contribution in [0.15, 0.2) is 18.2 Å². The summed E-state index contributed by atoms with van der Waals surface area (Å²) in [5.74, 6) is 0.322. The summed E-state index contributed by atoms with van der Waals surface area (Å²) in [6.07, 6.45) is 0.985. The zero-order chi connectivity index (χ0) is 11.3. The largest absolute Gasteiger partial charge is 0.508 e. The maximum Gasteiger partial charge on any atom is 0.118 e. The van der Waals surface area contributed by atoms with E-state index in [2.05, 4.69) is 13.8 Å². The van der Waals surface area contributed by atoms with E-state index in [-0.39, 0.29) is 17.4 Å². The molecule has 2 N–H and O–H groups in total. The van der Waals surface area contributed by atoms with Gasteiger partial charge >= 0.3 is 0 Å². The van der Waals surface area contributed by atoms with E-state index in [4.69, 9.17) is 0 Å². The third-order valence-corrected chi connectivity index (χ3v) is 3.95. The molecule has 1 saturated carbocycles. The first-order valence-electron chi connectivity index (χ1n) is 5.34. The second-order valence-corrected chi connectivity index (χ2v) is 5.30. The molecule has 2 nitrogen and oxygen atoms in total. The molecule has 1 fully saturated rings. The molecule has 1 aliphatic rings. The number of aromatic hydroxyl groups is 1. The molecule has 15 heavy (non-hydrogen) atoms. The second kappa shape index (κ2) is 2.99. The van der Waals surface area contributed by atoms with Gasteiger partial charge in [0.2, 0.25) is 0 Å². The Kier molecular flexibility index (Phi) is 2.09. The van der Waals surface area contributed by atoms with Crippen molar-refractivity contribution >= 4 is 0 Å². The van der Waals surface area contributed by atoms with Gasteiger partial charge in [0.1, 0.15) is 5.75 Å². The number of rotatable bonds is 2. The maximum absolute atomic E-state index is 9.68. The predicted octanol–water partition coefficient (Wildman–Crippen LogP) is 2.36. The van der Waals surface area contributed by atoms with Crippen LogP contribution >= 0.6 is 0 Å². The van der Waals surface area contributed by atoms with Crippen molar-refractivity contribution in [2.75, 3.05) is 6.61 Å². The second-order valence-electron chi connectivity index (χ2n) is 5.30. The Labute approximate surface area is 90.6 Å². The molecule has 2 heteroatoms. The van der Waals surface area contributed by atoms with Crippen molar-refractivity contribution in [1.82, 2.24) is 0 Å². The van der Waals surface area contributed by atoms with Crippen LogP contribution in [0.5, 0.6) is 5.75 Å². The fourth-order valence-electron chi connectivity index (χ4n) is 2.47. The molecule has 1 unspecified atom stereocenters. The van der Waals surface area contributed by atoms with Crippen LogP contribution in [-0.2, 0) is 5.41 Å². The van der Waals surface area contributed by atoms with Gasteiger partial charge in [-0.05, 0) is 36.0 Å². The number of hydrogen-bond donors (Lipinski definition) is 2. The first-order chi connectivity index (χ1) is 6.93. The zero-order valence-corrected chi connectivity index (χ0v) is 9.54. The van der Waals surface area contributed by atoms with E-state index in [1.54, 1.807) is 6.07 Å². The number of benzene rings is 1. The molecule has 0 heterocycles. The van der Waals surface area contributed by atoms with Crippen molar-refractivity contribution in [3.63, 3.8) is 0 Å². The summed E-state index contributed by atoms with van der Waals surface area (Å²) in [7, 11) is 0. The lowest BCUT2D eigenvalue weighted by molar-refractivity contribution is 0.231. The average Bonchev–Trinajstić information content (AvgIpc) is 2.75. The number of aryl methyl sites for hydroxylation is 1. The van der Waals surface area contributed by atoms with Crippen LogP contribution in [0.4, 0.5) is 0 Å². The van der Waals surface area contributed by atoms with Gasteiger partial charge in [-0.1, -0.05) is 26.0 Å². The summed E-state index contributed by atoms with van der Waals surface area (Å²) >= 11 is 0. The van der Waals surface area contributed by atoms with Crippen molar-refractivity contribution in [3.8, 4) is 5.75 Å². The summed E-state index contributed by atoms with van der Waals surface area (Å²) in [6, 6.07) is 5.72. The molecule has 2 rings (SSSR count). The zero-order valence-electron chi connectivity index (χ0n) is 9.54. The van der Waals surface area contributed by atoms with Crippen LogP contribution in [0.25, 0.3) is 0 Å². The normalized spacial score (nSPS) is 27.7. The smallest absolute Gasteiger partial charge is 0.118 e. The quantitative estimate of drug-likeness (QED) is 0.779. The lowest BCUT2D eigenvalue weighted by atomic mass is 9.88. The van der Waals surface area contributed by atoms with E-state index in [9.17, 15) is 10.2 Å². The standard InChI is InChI=1S/C13H18O2/c1-9-4-5-10(6-11(9)15)13(8-14)7-12(13,2)3/h4-6,14-15H,7-8H2,1-3H3. The highest BCUT2D eigenvalue weighted by Crippen LogP contribution is 2.64. The summed E-state index contributed by atoms with van der Waals surface area (Å²) in [6.45, 7) is 6.34. The highest BCUT2D eigenvalue weighted by Gasteiger charge is 2.61. The van der Waals surface area contributed by atoms with Gasteiger partial charge in [0.05, 0.1) is 6.61 Å². The average molecular weight is 206 g/mol. The first kappa shape index (κ1) is 10.5. The summed E-state index contributed by atoms with van der Waals surface area (Å²) < 4.78 is 0. The maximum atomic E-state index is 9.68. The molecule has 0 aliphatic heterocycles. The van der Waals surface area contributed by atoms with Gasteiger partial charge in [0, 0.05) is 5.41 Å². The molecule has 82 valence electrons. The Morgan fingerprint density at radius 1 is 1.33 bits per heavy atom. The van der Waals surface area contributed by atoms with Crippen molar-refractivity contribution in [2.24, 2.45) is 5.41 Å². The molecule has 0 saturated heterocycles. The van der Waals surface area contributed by atoms with E-state index >= 15 is 0 Å². The number of phenols is 1. The van der Waals surface area contributed by atoms with Crippen molar-refractivity contribution in [1.29, 1.82) is 0 Å². The Morgan fingerprint density at radius 3 is 2.33 bits per heavy atom.